The van der Waals surface area contributed by atoms with Crippen LogP contribution in [0.5, 0.6) is 0 Å². The number of ketones is 1. The van der Waals surface area contributed by atoms with Gasteiger partial charge in [0.05, 0.1) is 13.2 Å². The molecule has 2 unspecified atom stereocenters. The van der Waals surface area contributed by atoms with Gasteiger partial charge in [-0.2, -0.15) is 0 Å². The van der Waals surface area contributed by atoms with Crippen molar-refractivity contribution >= 4 is 60.0 Å². The number of phosphoric ester groups is 1. The predicted octanol–water partition coefficient (Wildman–Crippen LogP) is 8.23. The molecule has 2 atom stereocenters. The largest absolute Gasteiger partial charge is 0.756 e. The maximum absolute atomic E-state index is 12.2. The predicted molar refractivity (Wildman–Crippen MR) is 211 cm³/mol. The summed E-state index contributed by atoms with van der Waals surface area (Å²) < 4.78 is 50.2. The molecule has 0 spiro atoms. The fourth-order valence-electron chi connectivity index (χ4n) is 5.56. The third-order valence-electron chi connectivity index (χ3n) is 8.02. The molecule has 0 fully saturated rings. The second kappa shape index (κ2) is 23.7. The zero-order chi connectivity index (χ0) is 38.7. The molecule has 50 heavy (non-hydrogen) atoms. The number of esters is 1. The fourth-order valence-corrected chi connectivity index (χ4v) is 26.3. The van der Waals surface area contributed by atoms with E-state index in [0.717, 1.165) is 50.6 Å². The van der Waals surface area contributed by atoms with Crippen LogP contribution < -0.4 is 4.89 Å². The normalized spacial score (nSPS) is 14.9. The number of rotatable bonds is 31. The topological polar surface area (TPSA) is 133 Å². The third-order valence-corrected chi connectivity index (χ3v) is 25.2. The van der Waals surface area contributed by atoms with Crippen LogP contribution in [0.15, 0.2) is 24.3 Å². The van der Waals surface area contributed by atoms with Gasteiger partial charge in [0.25, 0.3) is 7.82 Å². The summed E-state index contributed by atoms with van der Waals surface area (Å²) in [6, 6.07) is 2.60. The first-order valence-corrected chi connectivity index (χ1v) is 31.2. The van der Waals surface area contributed by atoms with Gasteiger partial charge in [-0.3, -0.25) is 9.36 Å². The van der Waals surface area contributed by atoms with Gasteiger partial charge in [0.1, 0.15) is 19.9 Å². The van der Waals surface area contributed by atoms with Crippen LogP contribution in [0, 0.1) is 0 Å². The second-order valence-corrected chi connectivity index (χ2v) is 32.6. The molecule has 0 aliphatic heterocycles. The van der Waals surface area contributed by atoms with Crippen LogP contribution in [-0.4, -0.2) is 89.7 Å². The van der Waals surface area contributed by atoms with Crippen molar-refractivity contribution in [3.63, 3.8) is 0 Å². The van der Waals surface area contributed by atoms with Crippen LogP contribution in [0.3, 0.4) is 0 Å². The summed E-state index contributed by atoms with van der Waals surface area (Å²) >= 11 is 0. The van der Waals surface area contributed by atoms with Gasteiger partial charge in [-0.1, -0.05) is 38.8 Å². The molecule has 0 aromatic heterocycles. The van der Waals surface area contributed by atoms with E-state index in [1.54, 1.807) is 18.4 Å². The zero-order valence-corrected chi connectivity index (χ0v) is 38.0. The van der Waals surface area contributed by atoms with E-state index in [-0.39, 0.29) is 25.0 Å². The summed E-state index contributed by atoms with van der Waals surface area (Å²) in [5.41, 5.74) is 1.02. The Morgan fingerprint density at radius 3 is 1.78 bits per heavy atom. The molecular weight excluding hydrogens is 726 g/mol. The Balaban J connectivity index is 5.35. The number of likely N-dealkylation sites (N-methyl/N-ethyl adjacent to an activating group) is 1. The Hall–Kier alpha value is -0.852. The minimum absolute atomic E-state index is 0.00179. The quantitative estimate of drug-likeness (QED) is 0.0129. The summed E-state index contributed by atoms with van der Waals surface area (Å²) in [5, 5.41) is 0. The highest BCUT2D eigenvalue weighted by Gasteiger charge is 2.45. The highest BCUT2D eigenvalue weighted by molar-refractivity contribution is 7.45. The van der Waals surface area contributed by atoms with Crippen molar-refractivity contribution in [2.75, 3.05) is 32.9 Å². The smallest absolute Gasteiger partial charge is 0.333 e. The average Bonchev–Trinajstić information content (AvgIpc) is 2.96. The van der Waals surface area contributed by atoms with Crippen molar-refractivity contribution < 1.29 is 49.8 Å². The number of Topliss-reactive ketones (excluding diaryl/α,β-unsaturated/α-hetero) is 1. The number of unbranched alkanes of at least 4 members (excludes halogenated alkanes) is 5. The number of phosphoric acid groups is 1. The second-order valence-electron chi connectivity index (χ2n) is 15.1. The monoisotopic (exact) mass is 795 g/mol. The molecule has 11 nitrogen and oxygen atoms in total. The summed E-state index contributed by atoms with van der Waals surface area (Å²) in [6.07, 6.45) is 7.24. The maximum atomic E-state index is 12.2. The molecule has 16 heteroatoms. The summed E-state index contributed by atoms with van der Waals surface area (Å²) in [5.74, 6) is -0.222. The first-order valence-electron chi connectivity index (χ1n) is 18.2. The molecular formula is C34H70NO10PSi4. The van der Waals surface area contributed by atoms with Crippen LogP contribution in [0.25, 0.3) is 0 Å². The molecule has 292 valence electrons. The van der Waals surface area contributed by atoms with Crippen molar-refractivity contribution in [1.29, 1.82) is 0 Å². The van der Waals surface area contributed by atoms with Crippen LogP contribution in [0.1, 0.15) is 78.6 Å². The van der Waals surface area contributed by atoms with Crippen LogP contribution in [-0.2, 0) is 40.3 Å². The van der Waals surface area contributed by atoms with Crippen molar-refractivity contribution in [3.05, 3.63) is 24.3 Å². The van der Waals surface area contributed by atoms with E-state index >= 15 is 0 Å². The van der Waals surface area contributed by atoms with E-state index in [4.69, 9.17) is 26.1 Å². The SMILES string of the molecule is C=C(C)C(=O)CCCCC[Si](C)(C)O[Si](C)(C)O[Si](C)(CCCCOP(=O)([O-])OCC[N+](=C)CC)O[Si](C)(C)CCCCCOC(=O)C(=C)C. The first kappa shape index (κ1) is 49.1. The molecule has 0 saturated carbocycles. The number of allylic oxidation sites excluding steroid dienone is 1. The van der Waals surface area contributed by atoms with Crippen LogP contribution in [0.2, 0.25) is 64.0 Å². The van der Waals surface area contributed by atoms with E-state index in [1.165, 1.54) is 0 Å². The Kier molecular flexibility index (Phi) is 23.3. The summed E-state index contributed by atoms with van der Waals surface area (Å²) in [7, 11) is -14.0. The van der Waals surface area contributed by atoms with Gasteiger partial charge >= 0.3 is 23.1 Å². The van der Waals surface area contributed by atoms with E-state index in [1.807, 2.05) is 6.92 Å². The zero-order valence-electron chi connectivity index (χ0n) is 33.1. The number of ether oxygens (including phenoxy) is 1. The molecule has 0 aliphatic rings. The van der Waals surface area contributed by atoms with Gasteiger partial charge in [0.15, 0.2) is 29.0 Å². The Labute approximate surface area is 308 Å². The number of nitrogens with zero attached hydrogens (tertiary/aromatic N) is 1. The van der Waals surface area contributed by atoms with Crippen LogP contribution >= 0.6 is 7.82 Å². The lowest BCUT2D eigenvalue weighted by atomic mass is 10.1. The van der Waals surface area contributed by atoms with Crippen molar-refractivity contribution in [2.45, 2.75) is 143 Å². The van der Waals surface area contributed by atoms with Gasteiger partial charge < -0.3 is 31.0 Å². The molecule has 0 bridgehead atoms. The van der Waals surface area contributed by atoms with Gasteiger partial charge in [0, 0.05) is 12.0 Å². The molecule has 0 radical (unpaired) electrons. The van der Waals surface area contributed by atoms with Crippen molar-refractivity contribution in [2.24, 2.45) is 0 Å². The molecule has 0 N–H and O–H groups in total. The molecule has 0 amide bonds. The Morgan fingerprint density at radius 2 is 1.22 bits per heavy atom. The molecule has 0 saturated heterocycles. The van der Waals surface area contributed by atoms with E-state index in [0.29, 0.717) is 56.1 Å². The summed E-state index contributed by atoms with van der Waals surface area (Å²) in [4.78, 5) is 35.8. The first-order chi connectivity index (χ1) is 22.9. The van der Waals surface area contributed by atoms with E-state index in [2.05, 4.69) is 65.7 Å². The Bertz CT molecular complexity index is 1150. The third kappa shape index (κ3) is 25.2. The van der Waals surface area contributed by atoms with Crippen molar-refractivity contribution in [3.8, 4) is 0 Å². The average molecular weight is 796 g/mol. The van der Waals surface area contributed by atoms with E-state index < -0.39 is 41.6 Å². The number of carbonyl (C=O) groups excluding carboxylic acids is 2. The van der Waals surface area contributed by atoms with Gasteiger partial charge in [-0.15, -0.1) is 0 Å². The van der Waals surface area contributed by atoms with Gasteiger partial charge in [-0.05, 0) is 116 Å². The summed E-state index contributed by atoms with van der Waals surface area (Å²) in [6.45, 7) is 33.2. The highest BCUT2D eigenvalue weighted by Crippen LogP contribution is 2.38. The van der Waals surface area contributed by atoms with E-state index in [9.17, 15) is 19.0 Å². The molecule has 0 heterocycles. The number of carbonyl (C=O) groups is 2. The van der Waals surface area contributed by atoms with Crippen molar-refractivity contribution in [1.82, 2.24) is 0 Å². The minimum atomic E-state index is -4.40. The number of hydrogen-bond acceptors (Lipinski definition) is 10. The standard InChI is InChI=1S/C34H70NO10PSi4/c1-14-35(6)24-27-42-46(38,39)41-26-19-22-30-50(13,44-48(9,10)29-21-16-18-25-40-34(37)32(4)5)45-49(11,12)43-47(7,8)28-20-15-17-23-33(36)31(2)3/h2,4,6,14-30H2,1,3,5,7-13H3. The lowest BCUT2D eigenvalue weighted by Gasteiger charge is -2.43. The molecule has 0 rings (SSSR count). The van der Waals surface area contributed by atoms with Crippen LogP contribution in [0.4, 0.5) is 0 Å². The molecule has 0 aromatic rings. The molecule has 0 aliphatic carbocycles. The number of hydrogen-bond donors (Lipinski definition) is 0. The van der Waals surface area contributed by atoms with Gasteiger partial charge in [0.2, 0.25) is 0 Å². The fraction of sp³-hybridized carbons (Fsp3) is 0.794. The maximum Gasteiger partial charge on any atom is 0.333 e. The highest BCUT2D eigenvalue weighted by atomic mass is 31.2. The minimum Gasteiger partial charge on any atom is -0.756 e. The lowest BCUT2D eigenvalue weighted by molar-refractivity contribution is -0.517. The van der Waals surface area contributed by atoms with Gasteiger partial charge in [-0.25, -0.2) is 9.37 Å². The lowest BCUT2D eigenvalue weighted by Crippen LogP contribution is -2.57. The molecule has 0 aromatic carbocycles. The Morgan fingerprint density at radius 1 is 0.700 bits per heavy atom.